The number of allylic oxidation sites excluding steroid dienone is 9. The Bertz CT molecular complexity index is 1210. The minimum absolute atomic E-state index is 0.00573. The molecule has 196 valence electrons. The van der Waals surface area contributed by atoms with E-state index in [1.54, 1.807) is 0 Å². The Kier molecular flexibility index (Phi) is 7.73. The third-order valence-corrected chi connectivity index (χ3v) is 8.60. The topological polar surface area (TPSA) is 39.1 Å². The predicted octanol–water partition coefficient (Wildman–Crippen LogP) is 6.45. The second kappa shape index (κ2) is 11.0. The molecule has 6 heteroatoms. The molecule has 4 heterocycles. The molecule has 0 aromatic carbocycles. The van der Waals surface area contributed by atoms with E-state index >= 15 is 0 Å². The number of carbonyl (C=O) groups is 1. The van der Waals surface area contributed by atoms with Crippen LogP contribution >= 0.6 is 11.6 Å². The van der Waals surface area contributed by atoms with Gasteiger partial charge in [0.15, 0.2) is 0 Å². The summed E-state index contributed by atoms with van der Waals surface area (Å²) in [5, 5.41) is 0.683. The van der Waals surface area contributed by atoms with Gasteiger partial charge in [-0.1, -0.05) is 37.6 Å². The monoisotopic (exact) mass is 518 g/mol. The van der Waals surface area contributed by atoms with Gasteiger partial charge in [-0.25, -0.2) is 0 Å². The lowest BCUT2D eigenvalue weighted by Crippen LogP contribution is -2.51. The molecule has 2 atom stereocenters. The lowest BCUT2D eigenvalue weighted by atomic mass is 9.86. The van der Waals surface area contributed by atoms with E-state index in [0.29, 0.717) is 11.1 Å². The van der Waals surface area contributed by atoms with E-state index in [1.165, 1.54) is 5.57 Å². The first-order chi connectivity index (χ1) is 17.8. The number of likely N-dealkylation sites (N-methyl/N-ethyl adjacent to an activating group) is 1. The molecular weight excluding hydrogens is 480 g/mol. The fourth-order valence-electron chi connectivity index (χ4n) is 5.99. The van der Waals surface area contributed by atoms with Crippen molar-refractivity contribution in [3.05, 3.63) is 81.5 Å². The largest absolute Gasteiger partial charge is 0.367 e. The molecule has 0 aromatic rings. The Morgan fingerprint density at radius 2 is 1.86 bits per heavy atom. The Labute approximate surface area is 226 Å². The highest BCUT2D eigenvalue weighted by Crippen LogP contribution is 2.37. The van der Waals surface area contributed by atoms with Crippen LogP contribution in [0.5, 0.6) is 0 Å². The number of carbonyl (C=O) groups excluding carboxylic acids is 1. The van der Waals surface area contributed by atoms with E-state index < -0.39 is 0 Å². The number of piperazine rings is 1. The molecule has 1 amide bonds. The number of hydrogen-bond donors (Lipinski definition) is 0. The van der Waals surface area contributed by atoms with Gasteiger partial charge in [0.2, 0.25) is 0 Å². The number of hydrogen-bond acceptors (Lipinski definition) is 4. The first-order valence-electron chi connectivity index (χ1n) is 13.8. The van der Waals surface area contributed by atoms with Crippen molar-refractivity contribution < 1.29 is 4.79 Å². The summed E-state index contributed by atoms with van der Waals surface area (Å²) in [5.41, 5.74) is 7.58. The van der Waals surface area contributed by atoms with Gasteiger partial charge in [0.05, 0.1) is 16.4 Å². The molecule has 0 spiro atoms. The highest BCUT2D eigenvalue weighted by molar-refractivity contribution is 6.32. The summed E-state index contributed by atoms with van der Waals surface area (Å²) < 4.78 is 0. The average Bonchev–Trinajstić information content (AvgIpc) is 2.88. The Balaban J connectivity index is 1.42. The first-order valence-corrected chi connectivity index (χ1v) is 14.2. The molecule has 1 aliphatic carbocycles. The van der Waals surface area contributed by atoms with Crippen molar-refractivity contribution in [2.75, 3.05) is 26.2 Å². The molecule has 0 radical (unpaired) electrons. The van der Waals surface area contributed by atoms with Crippen LogP contribution in [-0.2, 0) is 4.79 Å². The van der Waals surface area contributed by atoms with E-state index in [1.807, 2.05) is 23.3 Å². The van der Waals surface area contributed by atoms with Crippen LogP contribution in [0.1, 0.15) is 59.8 Å². The molecule has 5 nitrogen and oxygen atoms in total. The quantitative estimate of drug-likeness (QED) is 0.430. The maximum absolute atomic E-state index is 13.7. The summed E-state index contributed by atoms with van der Waals surface area (Å²) >= 11 is 6.85. The Hall–Kier alpha value is -2.63. The minimum atomic E-state index is -0.00573. The summed E-state index contributed by atoms with van der Waals surface area (Å²) in [4.78, 5) is 25.2. The van der Waals surface area contributed by atoms with E-state index in [0.717, 1.165) is 92.2 Å². The van der Waals surface area contributed by atoms with Crippen molar-refractivity contribution in [1.82, 2.24) is 14.7 Å². The molecule has 5 rings (SSSR count). The van der Waals surface area contributed by atoms with Crippen LogP contribution in [-0.4, -0.2) is 58.5 Å². The van der Waals surface area contributed by atoms with E-state index in [2.05, 4.69) is 61.8 Å². The van der Waals surface area contributed by atoms with E-state index in [9.17, 15) is 4.79 Å². The number of nitrogens with zero attached hydrogens (tertiary/aromatic N) is 4. The number of amides is 1. The van der Waals surface area contributed by atoms with Gasteiger partial charge in [-0.05, 0) is 93.4 Å². The number of aliphatic imine (C=N–C) groups is 1. The zero-order valence-electron chi connectivity index (χ0n) is 22.6. The smallest absolute Gasteiger partial charge is 0.255 e. The fourth-order valence-corrected chi connectivity index (χ4v) is 6.28. The number of halogens is 1. The van der Waals surface area contributed by atoms with Gasteiger partial charge in [0, 0.05) is 49.4 Å². The van der Waals surface area contributed by atoms with Crippen LogP contribution in [0.4, 0.5) is 0 Å². The average molecular weight is 519 g/mol. The summed E-state index contributed by atoms with van der Waals surface area (Å²) in [6, 6.07) is 0.496. The van der Waals surface area contributed by atoms with Gasteiger partial charge < -0.3 is 4.90 Å². The van der Waals surface area contributed by atoms with Gasteiger partial charge in [-0.15, -0.1) is 0 Å². The molecule has 0 saturated carbocycles. The van der Waals surface area contributed by atoms with E-state index in [4.69, 9.17) is 16.6 Å². The fraction of sp³-hybridized carbons (Fsp3) is 0.484. The molecule has 0 bridgehead atoms. The second-order valence-corrected chi connectivity index (χ2v) is 11.3. The lowest BCUT2D eigenvalue weighted by molar-refractivity contribution is -0.122. The zero-order chi connectivity index (χ0) is 26.1. The molecule has 37 heavy (non-hydrogen) atoms. The highest BCUT2D eigenvalue weighted by atomic mass is 35.5. The number of fused-ring (bicyclic) bond motifs is 1. The minimum Gasteiger partial charge on any atom is -0.367 e. The predicted molar refractivity (Wildman–Crippen MR) is 153 cm³/mol. The lowest BCUT2D eigenvalue weighted by Gasteiger charge is -2.42. The van der Waals surface area contributed by atoms with Gasteiger partial charge in [0.1, 0.15) is 0 Å². The molecule has 0 N–H and O–H groups in total. The van der Waals surface area contributed by atoms with Crippen LogP contribution in [0.25, 0.3) is 0 Å². The first kappa shape index (κ1) is 26.0. The molecule has 5 aliphatic rings. The van der Waals surface area contributed by atoms with Crippen molar-refractivity contribution in [3.8, 4) is 0 Å². The Morgan fingerprint density at radius 1 is 1.05 bits per heavy atom. The zero-order valence-corrected chi connectivity index (χ0v) is 23.4. The molecule has 1 saturated heterocycles. The maximum atomic E-state index is 13.7. The van der Waals surface area contributed by atoms with Gasteiger partial charge >= 0.3 is 0 Å². The van der Waals surface area contributed by atoms with Crippen molar-refractivity contribution >= 4 is 23.2 Å². The van der Waals surface area contributed by atoms with Crippen LogP contribution in [0.3, 0.4) is 0 Å². The van der Waals surface area contributed by atoms with Crippen LogP contribution in [0.15, 0.2) is 86.5 Å². The normalized spacial score (nSPS) is 28.8. The van der Waals surface area contributed by atoms with Crippen molar-refractivity contribution in [2.45, 2.75) is 65.8 Å². The summed E-state index contributed by atoms with van der Waals surface area (Å²) in [5.74, 6) is 0.200. The van der Waals surface area contributed by atoms with Gasteiger partial charge in [-0.2, -0.15) is 0 Å². The molecular formula is C31H39ClN4O. The van der Waals surface area contributed by atoms with Crippen LogP contribution in [0, 0.1) is 5.92 Å². The highest BCUT2D eigenvalue weighted by Gasteiger charge is 2.28. The molecule has 0 aromatic heterocycles. The Morgan fingerprint density at radius 3 is 2.65 bits per heavy atom. The SMILES string of the molecule is CCN1CCN(C2=CN3C(=O)/C=C(/C4=CCCC5=C(N=C(C)CC5)C(Cl)=C4)C(C)CC=C3C=C2)CC1C. The molecule has 1 fully saturated rings. The van der Waals surface area contributed by atoms with Crippen LogP contribution < -0.4 is 0 Å². The van der Waals surface area contributed by atoms with E-state index in [-0.39, 0.29) is 11.8 Å². The van der Waals surface area contributed by atoms with Crippen molar-refractivity contribution in [3.63, 3.8) is 0 Å². The summed E-state index contributed by atoms with van der Waals surface area (Å²) in [6.45, 7) is 12.8. The maximum Gasteiger partial charge on any atom is 0.255 e. The van der Waals surface area contributed by atoms with Gasteiger partial charge in [0.25, 0.3) is 5.91 Å². The van der Waals surface area contributed by atoms with Crippen molar-refractivity contribution in [1.29, 1.82) is 0 Å². The van der Waals surface area contributed by atoms with Crippen LogP contribution in [0.2, 0.25) is 0 Å². The van der Waals surface area contributed by atoms with Gasteiger partial charge in [-0.3, -0.25) is 19.6 Å². The molecule has 2 unspecified atom stereocenters. The van der Waals surface area contributed by atoms with Crippen molar-refractivity contribution in [2.24, 2.45) is 10.9 Å². The third-order valence-electron chi connectivity index (χ3n) is 8.31. The summed E-state index contributed by atoms with van der Waals surface area (Å²) in [6.07, 6.45) is 19.4. The second-order valence-electron chi connectivity index (χ2n) is 10.9. The number of rotatable bonds is 3. The molecule has 4 aliphatic heterocycles. The standard InChI is InChI=1S/C31H39ClN4O/c1-5-34-15-16-35(19-23(34)4)27-14-13-26-12-9-21(2)28(18-30(37)36(26)20-27)25-8-6-7-24-11-10-22(3)33-31(24)29(32)17-25/h8,12-14,17-18,20-21,23H,5-7,9-11,15-16,19H2,1-4H3/b25-8?,26-12?,28-18+,29-17?. The summed E-state index contributed by atoms with van der Waals surface area (Å²) in [7, 11) is 0. The third kappa shape index (κ3) is 5.49.